The summed E-state index contributed by atoms with van der Waals surface area (Å²) < 4.78 is 18.6. The molecule has 2 N–H and O–H groups in total. The average Bonchev–Trinajstić information content (AvgIpc) is 2.14. The second-order valence-corrected chi connectivity index (χ2v) is 4.04. The van der Waals surface area contributed by atoms with Crippen LogP contribution in [0.15, 0.2) is 18.2 Å². The van der Waals surface area contributed by atoms with E-state index in [2.05, 4.69) is 13.8 Å². The molecule has 0 unspecified atom stereocenters. The summed E-state index contributed by atoms with van der Waals surface area (Å²) in [5.74, 6) is 0.762. The quantitative estimate of drug-likeness (QED) is 0.811. The summed E-state index contributed by atoms with van der Waals surface area (Å²) in [5, 5.41) is 0. The van der Waals surface area contributed by atoms with Crippen molar-refractivity contribution in [3.05, 3.63) is 29.6 Å². The maximum absolute atomic E-state index is 13.2. The fourth-order valence-electron chi connectivity index (χ4n) is 1.28. The van der Waals surface area contributed by atoms with Crippen molar-refractivity contribution in [3.63, 3.8) is 0 Å². The number of ether oxygens (including phenoxy) is 1. The zero-order chi connectivity index (χ0) is 11.3. The molecule has 1 aromatic carbocycles. The molecule has 0 amide bonds. The maximum Gasteiger partial charge on any atom is 0.127 e. The second kappa shape index (κ2) is 5.71. The lowest BCUT2D eigenvalue weighted by molar-refractivity contribution is 0.269. The summed E-state index contributed by atoms with van der Waals surface area (Å²) in [4.78, 5) is 0. The molecule has 0 atom stereocenters. The first-order chi connectivity index (χ1) is 7.11. The predicted molar refractivity (Wildman–Crippen MR) is 59.5 cm³/mol. The molecule has 2 nitrogen and oxygen atoms in total. The first-order valence-corrected chi connectivity index (χ1v) is 5.24. The highest BCUT2D eigenvalue weighted by Gasteiger charge is 2.02. The van der Waals surface area contributed by atoms with Crippen LogP contribution < -0.4 is 10.5 Å². The number of halogens is 1. The molecule has 1 aromatic rings. The summed E-state index contributed by atoms with van der Waals surface area (Å²) in [7, 11) is 0. The fourth-order valence-corrected chi connectivity index (χ4v) is 1.28. The monoisotopic (exact) mass is 211 g/mol. The van der Waals surface area contributed by atoms with Crippen LogP contribution >= 0.6 is 0 Å². The molecule has 0 bridgehead atoms. The third-order valence-corrected chi connectivity index (χ3v) is 1.95. The summed E-state index contributed by atoms with van der Waals surface area (Å²) in [6.07, 6.45) is 0.676. The molecule has 0 heterocycles. The standard InChI is InChI=1S/C12H18FNO/c1-9(2)8-15-12-6-10(3-4-14)5-11(13)7-12/h5-7,9H,3-4,8,14H2,1-2H3. The van der Waals surface area contributed by atoms with Crippen LogP contribution in [0.2, 0.25) is 0 Å². The highest BCUT2D eigenvalue weighted by atomic mass is 19.1. The van der Waals surface area contributed by atoms with Gasteiger partial charge in [-0.2, -0.15) is 0 Å². The molecule has 0 aromatic heterocycles. The van der Waals surface area contributed by atoms with Gasteiger partial charge in [0.05, 0.1) is 6.61 Å². The lowest BCUT2D eigenvalue weighted by Crippen LogP contribution is -2.06. The minimum Gasteiger partial charge on any atom is -0.493 e. The van der Waals surface area contributed by atoms with Gasteiger partial charge in [-0.25, -0.2) is 4.39 Å². The van der Waals surface area contributed by atoms with Crippen LogP contribution in [-0.4, -0.2) is 13.2 Å². The Hall–Kier alpha value is -1.09. The Labute approximate surface area is 90.2 Å². The van der Waals surface area contributed by atoms with E-state index in [-0.39, 0.29) is 5.82 Å². The van der Waals surface area contributed by atoms with Crippen molar-refractivity contribution in [2.45, 2.75) is 20.3 Å². The Morgan fingerprint density at radius 3 is 2.67 bits per heavy atom. The van der Waals surface area contributed by atoms with Crippen molar-refractivity contribution in [1.82, 2.24) is 0 Å². The molecule has 0 spiro atoms. The fraction of sp³-hybridized carbons (Fsp3) is 0.500. The second-order valence-electron chi connectivity index (χ2n) is 4.04. The number of benzene rings is 1. The average molecular weight is 211 g/mol. The van der Waals surface area contributed by atoms with E-state index in [1.165, 1.54) is 12.1 Å². The van der Waals surface area contributed by atoms with Gasteiger partial charge in [0.25, 0.3) is 0 Å². The lowest BCUT2D eigenvalue weighted by Gasteiger charge is -2.10. The molecule has 84 valence electrons. The van der Waals surface area contributed by atoms with Crippen molar-refractivity contribution >= 4 is 0 Å². The van der Waals surface area contributed by atoms with Crippen molar-refractivity contribution < 1.29 is 9.13 Å². The Morgan fingerprint density at radius 1 is 1.33 bits per heavy atom. The molecule has 1 rings (SSSR count). The molecular weight excluding hydrogens is 193 g/mol. The van der Waals surface area contributed by atoms with E-state index in [4.69, 9.17) is 10.5 Å². The third kappa shape index (κ3) is 4.30. The molecule has 15 heavy (non-hydrogen) atoms. The van der Waals surface area contributed by atoms with Gasteiger partial charge in [-0.1, -0.05) is 13.8 Å². The van der Waals surface area contributed by atoms with E-state index in [9.17, 15) is 4.39 Å². The Morgan fingerprint density at radius 2 is 2.07 bits per heavy atom. The molecule has 0 aliphatic heterocycles. The van der Waals surface area contributed by atoms with E-state index < -0.39 is 0 Å². The molecule has 0 radical (unpaired) electrons. The van der Waals surface area contributed by atoms with Crippen molar-refractivity contribution in [2.75, 3.05) is 13.2 Å². The number of rotatable bonds is 5. The number of hydrogen-bond acceptors (Lipinski definition) is 2. The lowest BCUT2D eigenvalue weighted by atomic mass is 10.1. The van der Waals surface area contributed by atoms with E-state index in [0.717, 1.165) is 5.56 Å². The Balaban J connectivity index is 2.70. The van der Waals surface area contributed by atoms with E-state index in [1.807, 2.05) is 6.07 Å². The van der Waals surface area contributed by atoms with E-state index in [0.29, 0.717) is 31.2 Å². The zero-order valence-corrected chi connectivity index (χ0v) is 9.29. The summed E-state index contributed by atoms with van der Waals surface area (Å²) in [6.45, 7) is 5.23. The van der Waals surface area contributed by atoms with E-state index >= 15 is 0 Å². The summed E-state index contributed by atoms with van der Waals surface area (Å²) in [5.41, 5.74) is 6.31. The first kappa shape index (κ1) is 12.0. The van der Waals surface area contributed by atoms with Crippen LogP contribution in [-0.2, 0) is 6.42 Å². The molecule has 0 fully saturated rings. The van der Waals surface area contributed by atoms with Crippen LogP contribution in [0, 0.1) is 11.7 Å². The van der Waals surface area contributed by atoms with Crippen molar-refractivity contribution in [3.8, 4) is 5.75 Å². The van der Waals surface area contributed by atoms with Crippen LogP contribution in [0.5, 0.6) is 5.75 Å². The van der Waals surface area contributed by atoms with Gasteiger partial charge in [0, 0.05) is 6.07 Å². The number of hydrogen-bond donors (Lipinski definition) is 1. The molecule has 0 aliphatic carbocycles. The maximum atomic E-state index is 13.2. The topological polar surface area (TPSA) is 35.2 Å². The van der Waals surface area contributed by atoms with Gasteiger partial charge in [0.1, 0.15) is 11.6 Å². The molecule has 0 saturated carbocycles. The van der Waals surface area contributed by atoms with Crippen LogP contribution in [0.4, 0.5) is 4.39 Å². The van der Waals surface area contributed by atoms with Gasteiger partial charge >= 0.3 is 0 Å². The van der Waals surface area contributed by atoms with Gasteiger partial charge < -0.3 is 10.5 Å². The van der Waals surface area contributed by atoms with Gasteiger partial charge in [0.15, 0.2) is 0 Å². The van der Waals surface area contributed by atoms with Gasteiger partial charge in [-0.05, 0) is 36.6 Å². The molecule has 0 aliphatic rings. The van der Waals surface area contributed by atoms with Crippen LogP contribution in [0.1, 0.15) is 19.4 Å². The molecular formula is C12H18FNO. The molecule has 0 saturated heterocycles. The van der Waals surface area contributed by atoms with Crippen LogP contribution in [0.25, 0.3) is 0 Å². The van der Waals surface area contributed by atoms with Gasteiger partial charge in [-0.3, -0.25) is 0 Å². The summed E-state index contributed by atoms with van der Waals surface area (Å²) >= 11 is 0. The van der Waals surface area contributed by atoms with Crippen molar-refractivity contribution in [1.29, 1.82) is 0 Å². The minimum atomic E-state index is -0.264. The Kier molecular flexibility index (Phi) is 4.56. The van der Waals surface area contributed by atoms with Crippen molar-refractivity contribution in [2.24, 2.45) is 11.7 Å². The minimum absolute atomic E-state index is 0.264. The predicted octanol–water partition coefficient (Wildman–Crippen LogP) is 2.36. The normalized spacial score (nSPS) is 10.7. The third-order valence-electron chi connectivity index (χ3n) is 1.95. The molecule has 3 heteroatoms. The first-order valence-electron chi connectivity index (χ1n) is 5.24. The van der Waals surface area contributed by atoms with Crippen LogP contribution in [0.3, 0.4) is 0 Å². The number of nitrogens with two attached hydrogens (primary N) is 1. The Bertz CT molecular complexity index is 312. The SMILES string of the molecule is CC(C)COc1cc(F)cc(CCN)c1. The van der Waals surface area contributed by atoms with Gasteiger partial charge in [0.2, 0.25) is 0 Å². The highest BCUT2D eigenvalue weighted by molar-refractivity contribution is 5.29. The summed E-state index contributed by atoms with van der Waals surface area (Å²) in [6, 6.07) is 4.75. The smallest absolute Gasteiger partial charge is 0.127 e. The zero-order valence-electron chi connectivity index (χ0n) is 9.29. The van der Waals surface area contributed by atoms with E-state index in [1.54, 1.807) is 0 Å². The van der Waals surface area contributed by atoms with Gasteiger partial charge in [-0.15, -0.1) is 0 Å². The highest BCUT2D eigenvalue weighted by Crippen LogP contribution is 2.17. The largest absolute Gasteiger partial charge is 0.493 e.